The van der Waals surface area contributed by atoms with Crippen molar-refractivity contribution in [1.82, 2.24) is 10.3 Å². The Kier molecular flexibility index (Phi) is 5.90. The van der Waals surface area contributed by atoms with Crippen molar-refractivity contribution in [2.75, 3.05) is 24.7 Å². The van der Waals surface area contributed by atoms with Crippen molar-refractivity contribution in [3.8, 4) is 11.8 Å². The molecule has 1 aliphatic heterocycles. The summed E-state index contributed by atoms with van der Waals surface area (Å²) in [6.45, 7) is 0.490. The van der Waals surface area contributed by atoms with E-state index in [-0.39, 0.29) is 12.5 Å². The first-order chi connectivity index (χ1) is 9.81. The number of hydrogen-bond acceptors (Lipinski definition) is 4. The Balaban J connectivity index is 1.97. The van der Waals surface area contributed by atoms with Crippen molar-refractivity contribution in [3.05, 3.63) is 29.6 Å². The first kappa shape index (κ1) is 14.9. The van der Waals surface area contributed by atoms with E-state index in [0.717, 1.165) is 0 Å². The van der Waals surface area contributed by atoms with E-state index in [4.69, 9.17) is 5.11 Å². The Bertz CT molecular complexity index is 516. The van der Waals surface area contributed by atoms with Crippen molar-refractivity contribution in [2.24, 2.45) is 5.92 Å². The molecule has 0 unspecified atom stereocenters. The highest BCUT2D eigenvalue weighted by molar-refractivity contribution is 7.99. The first-order valence-electron chi connectivity index (χ1n) is 6.71. The van der Waals surface area contributed by atoms with Crippen molar-refractivity contribution < 1.29 is 9.90 Å². The predicted octanol–water partition coefficient (Wildman–Crippen LogP) is 1.30. The van der Waals surface area contributed by atoms with Gasteiger partial charge < -0.3 is 10.4 Å². The molecule has 0 aromatic carbocycles. The third kappa shape index (κ3) is 4.26. The molecule has 4 nitrogen and oxygen atoms in total. The van der Waals surface area contributed by atoms with Crippen LogP contribution in [-0.4, -0.2) is 40.7 Å². The van der Waals surface area contributed by atoms with E-state index in [9.17, 15) is 4.79 Å². The maximum atomic E-state index is 12.2. The second-order valence-electron chi connectivity index (χ2n) is 4.65. The van der Waals surface area contributed by atoms with Crippen LogP contribution >= 0.6 is 11.8 Å². The molecule has 2 N–H and O–H groups in total. The quantitative estimate of drug-likeness (QED) is 0.824. The molecule has 1 saturated heterocycles. The molecule has 2 heterocycles. The van der Waals surface area contributed by atoms with Gasteiger partial charge in [-0.15, -0.1) is 0 Å². The summed E-state index contributed by atoms with van der Waals surface area (Å²) < 4.78 is 0. The zero-order chi connectivity index (χ0) is 14.2. The molecule has 0 saturated carbocycles. The van der Waals surface area contributed by atoms with Crippen LogP contribution in [0.15, 0.2) is 18.5 Å². The molecule has 0 atom stereocenters. The number of aliphatic hydroxyl groups is 1. The lowest BCUT2D eigenvalue weighted by Gasteiger charge is -2.21. The predicted molar refractivity (Wildman–Crippen MR) is 80.6 cm³/mol. The smallest absolute Gasteiger partial charge is 0.252 e. The molecule has 0 bridgehead atoms. The normalized spacial score (nSPS) is 15.2. The molecule has 1 amide bonds. The summed E-state index contributed by atoms with van der Waals surface area (Å²) in [5.74, 6) is 8.13. The number of hydrogen-bond donors (Lipinski definition) is 2. The van der Waals surface area contributed by atoms with Crippen molar-refractivity contribution >= 4 is 17.7 Å². The van der Waals surface area contributed by atoms with Gasteiger partial charge in [-0.25, -0.2) is 0 Å². The average Bonchev–Trinajstić information content (AvgIpc) is 2.52. The number of rotatable bonds is 3. The van der Waals surface area contributed by atoms with Gasteiger partial charge >= 0.3 is 0 Å². The van der Waals surface area contributed by atoms with E-state index in [0.29, 0.717) is 23.6 Å². The van der Waals surface area contributed by atoms with Crippen molar-refractivity contribution in [2.45, 2.75) is 12.8 Å². The third-order valence-corrected chi connectivity index (χ3v) is 4.31. The minimum atomic E-state index is -0.226. The van der Waals surface area contributed by atoms with Gasteiger partial charge in [0.15, 0.2) is 0 Å². The fourth-order valence-electron chi connectivity index (χ4n) is 2.11. The maximum Gasteiger partial charge on any atom is 0.252 e. The Hall–Kier alpha value is -1.51. The number of pyridine rings is 1. The van der Waals surface area contributed by atoms with Crippen LogP contribution in [0.25, 0.3) is 0 Å². The Morgan fingerprint density at radius 3 is 3.05 bits per heavy atom. The number of nitrogens with zero attached hydrogens (tertiary/aromatic N) is 1. The number of aromatic nitrogens is 1. The van der Waals surface area contributed by atoms with Gasteiger partial charge in [-0.1, -0.05) is 11.8 Å². The number of nitrogens with one attached hydrogen (secondary N) is 1. The fourth-order valence-corrected chi connectivity index (χ4v) is 3.31. The van der Waals surface area contributed by atoms with Crippen molar-refractivity contribution in [1.29, 1.82) is 0 Å². The molecule has 1 aromatic heterocycles. The molecular weight excluding hydrogens is 272 g/mol. The molecule has 2 rings (SSSR count). The zero-order valence-corrected chi connectivity index (χ0v) is 12.1. The topological polar surface area (TPSA) is 62.2 Å². The maximum absolute atomic E-state index is 12.2. The molecule has 20 heavy (non-hydrogen) atoms. The van der Waals surface area contributed by atoms with Gasteiger partial charge in [-0.3, -0.25) is 9.78 Å². The monoisotopic (exact) mass is 290 g/mol. The number of thioether (sulfide) groups is 1. The summed E-state index contributed by atoms with van der Waals surface area (Å²) in [7, 11) is 0. The number of carbonyl (C=O) groups is 1. The Morgan fingerprint density at radius 1 is 1.50 bits per heavy atom. The molecule has 106 valence electrons. The van der Waals surface area contributed by atoms with Gasteiger partial charge in [0.25, 0.3) is 5.91 Å². The highest BCUT2D eigenvalue weighted by Gasteiger charge is 2.16. The van der Waals surface area contributed by atoms with Crippen molar-refractivity contribution in [3.63, 3.8) is 0 Å². The number of aliphatic hydroxyl groups excluding tert-OH is 1. The highest BCUT2D eigenvalue weighted by atomic mass is 32.2. The lowest BCUT2D eigenvalue weighted by Crippen LogP contribution is -2.31. The lowest BCUT2D eigenvalue weighted by atomic mass is 10.0. The molecule has 0 radical (unpaired) electrons. The first-order valence-corrected chi connectivity index (χ1v) is 7.86. The van der Waals surface area contributed by atoms with E-state index in [1.165, 1.54) is 24.3 Å². The zero-order valence-electron chi connectivity index (χ0n) is 11.3. The second-order valence-corrected chi connectivity index (χ2v) is 5.87. The number of carbonyl (C=O) groups excluding carboxylic acids is 1. The van der Waals surface area contributed by atoms with Crippen LogP contribution in [-0.2, 0) is 0 Å². The van der Waals surface area contributed by atoms with Crippen LogP contribution in [0.5, 0.6) is 0 Å². The van der Waals surface area contributed by atoms with E-state index in [2.05, 4.69) is 22.1 Å². The van der Waals surface area contributed by atoms with Gasteiger partial charge in [-0.05, 0) is 36.3 Å². The number of amides is 1. The van der Waals surface area contributed by atoms with E-state index in [1.807, 2.05) is 11.8 Å². The summed E-state index contributed by atoms with van der Waals surface area (Å²) in [6.07, 6.45) is 5.46. The Morgan fingerprint density at radius 2 is 2.30 bits per heavy atom. The average molecular weight is 290 g/mol. The van der Waals surface area contributed by atoms with Gasteiger partial charge in [0.05, 0.1) is 11.1 Å². The second kappa shape index (κ2) is 7.93. The fraction of sp³-hybridized carbons (Fsp3) is 0.467. The van der Waals surface area contributed by atoms with Crippen LogP contribution in [0.4, 0.5) is 0 Å². The summed E-state index contributed by atoms with van der Waals surface area (Å²) in [5, 5.41) is 11.7. The standard InChI is InChI=1S/C15H18N2O2S/c18-7-1-2-13-11-16-6-3-14(13)15(19)17-10-12-4-8-20-9-5-12/h3,6,11-12,18H,4-5,7-10H2,(H,17,19). The summed E-state index contributed by atoms with van der Waals surface area (Å²) >= 11 is 1.98. The van der Waals surface area contributed by atoms with E-state index >= 15 is 0 Å². The summed E-state index contributed by atoms with van der Waals surface area (Å²) in [6, 6.07) is 1.66. The molecule has 1 aromatic rings. The van der Waals surface area contributed by atoms with Crippen LogP contribution in [0.3, 0.4) is 0 Å². The van der Waals surface area contributed by atoms with Gasteiger partial charge in [0, 0.05) is 18.9 Å². The Labute approximate surface area is 123 Å². The SMILES string of the molecule is O=C(NCC1CCSCC1)c1ccncc1C#CCO. The van der Waals surface area contributed by atoms with E-state index in [1.54, 1.807) is 18.5 Å². The van der Waals surface area contributed by atoms with Crippen LogP contribution in [0.2, 0.25) is 0 Å². The molecular formula is C15H18N2O2S. The van der Waals surface area contributed by atoms with Crippen LogP contribution in [0.1, 0.15) is 28.8 Å². The van der Waals surface area contributed by atoms with Crippen LogP contribution < -0.4 is 5.32 Å². The largest absolute Gasteiger partial charge is 0.384 e. The minimum absolute atomic E-state index is 0.118. The lowest BCUT2D eigenvalue weighted by molar-refractivity contribution is 0.0946. The van der Waals surface area contributed by atoms with Gasteiger partial charge in [0.2, 0.25) is 0 Å². The summed E-state index contributed by atoms with van der Waals surface area (Å²) in [4.78, 5) is 16.2. The van der Waals surface area contributed by atoms with Gasteiger partial charge in [-0.2, -0.15) is 11.8 Å². The van der Waals surface area contributed by atoms with Crippen LogP contribution in [0, 0.1) is 17.8 Å². The molecule has 5 heteroatoms. The summed E-state index contributed by atoms with van der Waals surface area (Å²) in [5.41, 5.74) is 1.07. The minimum Gasteiger partial charge on any atom is -0.384 e. The molecule has 0 aliphatic carbocycles. The van der Waals surface area contributed by atoms with E-state index < -0.39 is 0 Å². The third-order valence-electron chi connectivity index (χ3n) is 3.26. The van der Waals surface area contributed by atoms with Gasteiger partial charge in [0.1, 0.15) is 6.61 Å². The molecule has 1 aliphatic rings. The molecule has 1 fully saturated rings. The highest BCUT2D eigenvalue weighted by Crippen LogP contribution is 2.22. The molecule has 0 spiro atoms.